The maximum absolute atomic E-state index is 13.0. The molecule has 0 unspecified atom stereocenters. The number of nitrogens with zero attached hydrogens (tertiary/aromatic N) is 2. The second kappa shape index (κ2) is 8.10. The van der Waals surface area contributed by atoms with Crippen LogP contribution in [-0.2, 0) is 6.54 Å². The Kier molecular flexibility index (Phi) is 5.32. The minimum absolute atomic E-state index is 0.0533. The van der Waals surface area contributed by atoms with E-state index in [9.17, 15) is 9.59 Å². The number of carbonyl (C=O) groups is 1. The standard InChI is InChI=1S/C24H28ClN3O2/c25-19-8-6-17(7-9-19)21-10-11-22(29)28-14-16-12-18(23(21)28)15-27(13-16)24(30)26-20-4-2-1-3-5-20/h6-11,16,18,20H,1-5,12-15H2,(H,26,30)/t16-,18+/m0/s1. The van der Waals surface area contributed by atoms with Gasteiger partial charge in [-0.1, -0.05) is 43.0 Å². The number of piperidine rings is 1. The Morgan fingerprint density at radius 1 is 0.967 bits per heavy atom. The van der Waals surface area contributed by atoms with Crippen molar-refractivity contribution in [1.29, 1.82) is 0 Å². The molecule has 2 aromatic rings. The van der Waals surface area contributed by atoms with Gasteiger partial charge in [0.25, 0.3) is 5.56 Å². The minimum atomic E-state index is 0.0533. The molecular weight excluding hydrogens is 398 g/mol. The minimum Gasteiger partial charge on any atom is -0.335 e. The Hall–Kier alpha value is -2.27. The number of fused-ring (bicyclic) bond motifs is 4. The molecule has 158 valence electrons. The van der Waals surface area contributed by atoms with Gasteiger partial charge in [0.2, 0.25) is 0 Å². The summed E-state index contributed by atoms with van der Waals surface area (Å²) in [5.74, 6) is 0.501. The van der Waals surface area contributed by atoms with Gasteiger partial charge in [0, 0.05) is 53.9 Å². The van der Waals surface area contributed by atoms with E-state index in [1.165, 1.54) is 19.3 Å². The lowest BCUT2D eigenvalue weighted by atomic mass is 9.80. The first-order valence-corrected chi connectivity index (χ1v) is 11.5. The van der Waals surface area contributed by atoms with Gasteiger partial charge in [-0.25, -0.2) is 4.79 Å². The van der Waals surface area contributed by atoms with Crippen LogP contribution < -0.4 is 10.9 Å². The molecule has 0 spiro atoms. The lowest BCUT2D eigenvalue weighted by molar-refractivity contribution is 0.128. The van der Waals surface area contributed by atoms with E-state index >= 15 is 0 Å². The normalized spacial score (nSPS) is 23.7. The van der Waals surface area contributed by atoms with Crippen molar-refractivity contribution >= 4 is 17.6 Å². The lowest BCUT2D eigenvalue weighted by Gasteiger charge is -2.44. The van der Waals surface area contributed by atoms with Crippen LogP contribution in [0.4, 0.5) is 4.79 Å². The Labute approximate surface area is 182 Å². The fourth-order valence-corrected chi connectivity index (χ4v) is 5.69. The van der Waals surface area contributed by atoms with Crippen molar-refractivity contribution in [3.63, 3.8) is 0 Å². The second-order valence-electron chi connectivity index (χ2n) is 9.08. The molecule has 1 saturated heterocycles. The largest absolute Gasteiger partial charge is 0.335 e. The summed E-state index contributed by atoms with van der Waals surface area (Å²) in [4.78, 5) is 27.6. The average Bonchev–Trinajstić information content (AvgIpc) is 2.76. The number of carbonyl (C=O) groups excluding carboxylic acids is 1. The summed E-state index contributed by atoms with van der Waals surface area (Å²) < 4.78 is 1.94. The number of rotatable bonds is 2. The highest BCUT2D eigenvalue weighted by Crippen LogP contribution is 2.40. The van der Waals surface area contributed by atoms with E-state index in [0.29, 0.717) is 30.1 Å². The Morgan fingerprint density at radius 2 is 1.73 bits per heavy atom. The molecule has 6 heteroatoms. The van der Waals surface area contributed by atoms with Crippen molar-refractivity contribution in [3.05, 3.63) is 57.5 Å². The molecule has 1 aromatic carbocycles. The van der Waals surface area contributed by atoms with Crippen LogP contribution in [0.5, 0.6) is 0 Å². The third kappa shape index (κ3) is 3.76. The van der Waals surface area contributed by atoms with Gasteiger partial charge in [0.15, 0.2) is 0 Å². The monoisotopic (exact) mass is 425 g/mol. The van der Waals surface area contributed by atoms with E-state index in [1.54, 1.807) is 6.07 Å². The zero-order valence-corrected chi connectivity index (χ0v) is 17.9. The number of hydrogen-bond acceptors (Lipinski definition) is 2. The van der Waals surface area contributed by atoms with Crippen molar-refractivity contribution < 1.29 is 4.79 Å². The third-order valence-corrected chi connectivity index (χ3v) is 7.22. The Balaban J connectivity index is 1.43. The van der Waals surface area contributed by atoms with E-state index in [2.05, 4.69) is 5.32 Å². The molecule has 2 atom stereocenters. The fraction of sp³-hybridized carbons (Fsp3) is 0.500. The van der Waals surface area contributed by atoms with Crippen LogP contribution >= 0.6 is 11.6 Å². The number of aromatic nitrogens is 1. The molecule has 1 aliphatic carbocycles. The van der Waals surface area contributed by atoms with Crippen LogP contribution in [0.2, 0.25) is 5.02 Å². The molecule has 2 bridgehead atoms. The molecule has 2 fully saturated rings. The number of likely N-dealkylation sites (tertiary alicyclic amines) is 1. The molecular formula is C24H28ClN3O2. The number of benzene rings is 1. The first-order chi connectivity index (χ1) is 14.6. The highest BCUT2D eigenvalue weighted by atomic mass is 35.5. The van der Waals surface area contributed by atoms with E-state index in [0.717, 1.165) is 42.6 Å². The fourth-order valence-electron chi connectivity index (χ4n) is 5.57. The molecule has 3 heterocycles. The highest BCUT2D eigenvalue weighted by molar-refractivity contribution is 6.30. The van der Waals surface area contributed by atoms with Gasteiger partial charge in [0.05, 0.1) is 0 Å². The van der Waals surface area contributed by atoms with Gasteiger partial charge >= 0.3 is 6.03 Å². The molecule has 1 N–H and O–H groups in total. The number of hydrogen-bond donors (Lipinski definition) is 1. The van der Waals surface area contributed by atoms with Crippen molar-refractivity contribution in [2.45, 2.75) is 57.0 Å². The molecule has 2 amide bonds. The SMILES string of the molecule is O=C(NC1CCCCC1)N1C[C@@H]2C[C@H](C1)c1c(-c3ccc(Cl)cc3)ccc(=O)n1C2. The zero-order chi connectivity index (χ0) is 20.7. The van der Waals surface area contributed by atoms with E-state index < -0.39 is 0 Å². The summed E-state index contributed by atoms with van der Waals surface area (Å²) in [5.41, 5.74) is 3.25. The molecule has 5 rings (SSSR count). The summed E-state index contributed by atoms with van der Waals surface area (Å²) in [6, 6.07) is 11.8. The number of pyridine rings is 1. The number of urea groups is 1. The van der Waals surface area contributed by atoms with E-state index in [4.69, 9.17) is 11.6 Å². The number of nitrogens with one attached hydrogen (secondary N) is 1. The molecule has 1 saturated carbocycles. The van der Waals surface area contributed by atoms with Crippen molar-refractivity contribution in [2.75, 3.05) is 13.1 Å². The smallest absolute Gasteiger partial charge is 0.317 e. The summed E-state index contributed by atoms with van der Waals surface area (Å²) in [5, 5.41) is 3.97. The van der Waals surface area contributed by atoms with Gasteiger partial charge in [-0.3, -0.25) is 4.79 Å². The summed E-state index contributed by atoms with van der Waals surface area (Å²) >= 11 is 6.08. The van der Waals surface area contributed by atoms with Crippen molar-refractivity contribution in [1.82, 2.24) is 14.8 Å². The van der Waals surface area contributed by atoms with Crippen molar-refractivity contribution in [2.24, 2.45) is 5.92 Å². The van der Waals surface area contributed by atoms with E-state index in [-0.39, 0.29) is 17.5 Å². The highest BCUT2D eigenvalue weighted by Gasteiger charge is 2.38. The predicted molar refractivity (Wildman–Crippen MR) is 119 cm³/mol. The van der Waals surface area contributed by atoms with Gasteiger partial charge in [-0.2, -0.15) is 0 Å². The molecule has 30 heavy (non-hydrogen) atoms. The second-order valence-corrected chi connectivity index (χ2v) is 9.51. The first kappa shape index (κ1) is 19.7. The van der Waals surface area contributed by atoms with Crippen LogP contribution in [0.1, 0.15) is 50.1 Å². The number of amides is 2. The van der Waals surface area contributed by atoms with Gasteiger partial charge in [0.1, 0.15) is 0 Å². The zero-order valence-electron chi connectivity index (χ0n) is 17.1. The van der Waals surface area contributed by atoms with Crippen LogP contribution in [0.25, 0.3) is 11.1 Å². The average molecular weight is 426 g/mol. The molecule has 2 aliphatic heterocycles. The summed E-state index contributed by atoms with van der Waals surface area (Å²) in [6.07, 6.45) is 6.89. The maximum Gasteiger partial charge on any atom is 0.317 e. The summed E-state index contributed by atoms with van der Waals surface area (Å²) in [6.45, 7) is 2.07. The van der Waals surface area contributed by atoms with Gasteiger partial charge < -0.3 is 14.8 Å². The topological polar surface area (TPSA) is 54.3 Å². The van der Waals surface area contributed by atoms with Crippen LogP contribution in [0, 0.1) is 5.92 Å². The third-order valence-electron chi connectivity index (χ3n) is 6.97. The quantitative estimate of drug-likeness (QED) is 0.762. The lowest BCUT2D eigenvalue weighted by Crippen LogP contribution is -2.53. The van der Waals surface area contributed by atoms with Crippen molar-refractivity contribution in [3.8, 4) is 11.1 Å². The first-order valence-electron chi connectivity index (χ1n) is 11.1. The molecule has 5 nitrogen and oxygen atoms in total. The predicted octanol–water partition coefficient (Wildman–Crippen LogP) is 4.63. The summed E-state index contributed by atoms with van der Waals surface area (Å²) in [7, 11) is 0. The van der Waals surface area contributed by atoms with E-state index in [1.807, 2.05) is 39.8 Å². The van der Waals surface area contributed by atoms with Gasteiger partial charge in [-0.15, -0.1) is 0 Å². The molecule has 1 aromatic heterocycles. The van der Waals surface area contributed by atoms with Crippen LogP contribution in [-0.4, -0.2) is 34.6 Å². The Bertz CT molecular complexity index is 995. The number of halogens is 1. The Morgan fingerprint density at radius 3 is 2.50 bits per heavy atom. The van der Waals surface area contributed by atoms with Gasteiger partial charge in [-0.05, 0) is 48.9 Å². The van der Waals surface area contributed by atoms with Crippen LogP contribution in [0.15, 0.2) is 41.2 Å². The van der Waals surface area contributed by atoms with Crippen LogP contribution in [0.3, 0.4) is 0 Å². The maximum atomic E-state index is 13.0. The molecule has 0 radical (unpaired) electrons. The molecule has 3 aliphatic rings.